The molecule has 0 heterocycles. The third kappa shape index (κ3) is 4.61. The van der Waals surface area contributed by atoms with Crippen molar-refractivity contribution in [1.29, 1.82) is 0 Å². The van der Waals surface area contributed by atoms with Crippen molar-refractivity contribution in [2.24, 2.45) is 0 Å². The number of hydrogen-bond donors (Lipinski definition) is 1. The molecule has 0 aliphatic carbocycles. The minimum atomic E-state index is -3.57. The number of benzene rings is 2. The SMILES string of the molecule is C[C@H](NS(=O)(=O)Cc1ccc(F)cc1)c1ccc(F)cc1. The molecule has 0 unspecified atom stereocenters. The Morgan fingerprint density at radius 1 is 0.952 bits per heavy atom. The lowest BCUT2D eigenvalue weighted by molar-refractivity contribution is 0.565. The summed E-state index contributed by atoms with van der Waals surface area (Å²) in [6, 6.07) is 10.4. The maximum atomic E-state index is 12.8. The largest absolute Gasteiger partial charge is 0.216 e. The van der Waals surface area contributed by atoms with Crippen LogP contribution in [0.25, 0.3) is 0 Å². The highest BCUT2D eigenvalue weighted by Gasteiger charge is 2.16. The van der Waals surface area contributed by atoms with Gasteiger partial charge in [0.1, 0.15) is 11.6 Å². The lowest BCUT2D eigenvalue weighted by atomic mass is 10.1. The van der Waals surface area contributed by atoms with Gasteiger partial charge in [0, 0.05) is 6.04 Å². The van der Waals surface area contributed by atoms with Gasteiger partial charge in [0.25, 0.3) is 0 Å². The molecule has 6 heteroatoms. The van der Waals surface area contributed by atoms with Gasteiger partial charge in [-0.1, -0.05) is 24.3 Å². The Labute approximate surface area is 122 Å². The summed E-state index contributed by atoms with van der Waals surface area (Å²) < 4.78 is 52.3. The summed E-state index contributed by atoms with van der Waals surface area (Å²) >= 11 is 0. The molecule has 2 aromatic rings. The summed E-state index contributed by atoms with van der Waals surface area (Å²) in [5, 5.41) is 0. The minimum Gasteiger partial charge on any atom is -0.212 e. The molecule has 112 valence electrons. The van der Waals surface area contributed by atoms with Crippen LogP contribution in [0.3, 0.4) is 0 Å². The van der Waals surface area contributed by atoms with Crippen LogP contribution in [-0.2, 0) is 15.8 Å². The van der Waals surface area contributed by atoms with Crippen molar-refractivity contribution in [2.45, 2.75) is 18.7 Å². The van der Waals surface area contributed by atoms with Crippen LogP contribution in [0.2, 0.25) is 0 Å². The molecule has 0 radical (unpaired) electrons. The zero-order valence-corrected chi connectivity index (χ0v) is 12.2. The Morgan fingerprint density at radius 3 is 1.95 bits per heavy atom. The van der Waals surface area contributed by atoms with Gasteiger partial charge in [-0.3, -0.25) is 0 Å². The van der Waals surface area contributed by atoms with E-state index in [2.05, 4.69) is 4.72 Å². The van der Waals surface area contributed by atoms with Crippen LogP contribution < -0.4 is 4.72 Å². The molecule has 0 aliphatic heterocycles. The Bertz CT molecular complexity index is 697. The third-order valence-corrected chi connectivity index (χ3v) is 4.42. The summed E-state index contributed by atoms with van der Waals surface area (Å²) in [6.07, 6.45) is 0. The highest BCUT2D eigenvalue weighted by molar-refractivity contribution is 7.88. The highest BCUT2D eigenvalue weighted by atomic mass is 32.2. The predicted molar refractivity (Wildman–Crippen MR) is 77.0 cm³/mol. The lowest BCUT2D eigenvalue weighted by Crippen LogP contribution is -2.28. The molecule has 2 aromatic carbocycles. The quantitative estimate of drug-likeness (QED) is 0.922. The first-order valence-corrected chi connectivity index (χ1v) is 8.01. The van der Waals surface area contributed by atoms with Gasteiger partial charge in [-0.25, -0.2) is 21.9 Å². The van der Waals surface area contributed by atoms with E-state index in [1.165, 1.54) is 48.5 Å². The molecule has 0 saturated carbocycles. The molecule has 1 atom stereocenters. The fourth-order valence-electron chi connectivity index (χ4n) is 1.93. The van der Waals surface area contributed by atoms with Crippen molar-refractivity contribution in [3.8, 4) is 0 Å². The molecule has 0 bridgehead atoms. The first-order chi connectivity index (χ1) is 9.85. The first kappa shape index (κ1) is 15.6. The molecule has 2 rings (SSSR count). The molecular formula is C15H15F2NO2S. The molecule has 0 aromatic heterocycles. The maximum Gasteiger partial charge on any atom is 0.216 e. The zero-order valence-electron chi connectivity index (χ0n) is 11.4. The van der Waals surface area contributed by atoms with E-state index in [0.29, 0.717) is 11.1 Å². The standard InChI is InChI=1S/C15H15F2NO2S/c1-11(13-4-8-15(17)9-5-13)18-21(19,20)10-12-2-6-14(16)7-3-12/h2-9,11,18H,10H2,1H3/t11-/m0/s1. The van der Waals surface area contributed by atoms with Crippen LogP contribution in [0, 0.1) is 11.6 Å². The summed E-state index contributed by atoms with van der Waals surface area (Å²) in [4.78, 5) is 0. The Kier molecular flexibility index (Phi) is 4.69. The maximum absolute atomic E-state index is 12.8. The molecule has 21 heavy (non-hydrogen) atoms. The van der Waals surface area contributed by atoms with E-state index in [1.54, 1.807) is 6.92 Å². The van der Waals surface area contributed by atoms with Crippen molar-refractivity contribution in [2.75, 3.05) is 0 Å². The second kappa shape index (κ2) is 6.32. The summed E-state index contributed by atoms with van der Waals surface area (Å²) in [7, 11) is -3.57. The van der Waals surface area contributed by atoms with E-state index in [1.807, 2.05) is 0 Å². The molecule has 0 spiro atoms. The normalized spacial score (nSPS) is 13.1. The van der Waals surface area contributed by atoms with Crippen molar-refractivity contribution in [3.05, 3.63) is 71.3 Å². The van der Waals surface area contributed by atoms with E-state index in [4.69, 9.17) is 0 Å². The van der Waals surface area contributed by atoms with Gasteiger partial charge in [-0.05, 0) is 42.3 Å². The van der Waals surface area contributed by atoms with E-state index in [9.17, 15) is 17.2 Å². The van der Waals surface area contributed by atoms with Gasteiger partial charge < -0.3 is 0 Å². The molecule has 1 N–H and O–H groups in total. The van der Waals surface area contributed by atoms with Gasteiger partial charge in [-0.2, -0.15) is 0 Å². The Morgan fingerprint density at radius 2 is 1.43 bits per heavy atom. The van der Waals surface area contributed by atoms with E-state index in [0.717, 1.165) is 0 Å². The number of halogens is 2. The summed E-state index contributed by atoms with van der Waals surface area (Å²) in [5.74, 6) is -1.03. The average Bonchev–Trinajstić information content (AvgIpc) is 2.41. The second-order valence-corrected chi connectivity index (χ2v) is 6.53. The van der Waals surface area contributed by atoms with Crippen molar-refractivity contribution >= 4 is 10.0 Å². The van der Waals surface area contributed by atoms with E-state index < -0.39 is 21.9 Å². The lowest BCUT2D eigenvalue weighted by Gasteiger charge is -2.14. The second-order valence-electron chi connectivity index (χ2n) is 4.78. The average molecular weight is 311 g/mol. The van der Waals surface area contributed by atoms with Crippen LogP contribution in [0.1, 0.15) is 24.1 Å². The number of nitrogens with one attached hydrogen (secondary N) is 1. The molecule has 3 nitrogen and oxygen atoms in total. The van der Waals surface area contributed by atoms with E-state index >= 15 is 0 Å². The van der Waals surface area contributed by atoms with Crippen molar-refractivity contribution in [3.63, 3.8) is 0 Å². The number of sulfonamides is 1. The van der Waals surface area contributed by atoms with Crippen molar-refractivity contribution in [1.82, 2.24) is 4.72 Å². The van der Waals surface area contributed by atoms with Gasteiger partial charge >= 0.3 is 0 Å². The van der Waals surface area contributed by atoms with Crippen LogP contribution in [0.15, 0.2) is 48.5 Å². The fraction of sp³-hybridized carbons (Fsp3) is 0.200. The monoisotopic (exact) mass is 311 g/mol. The fourth-order valence-corrected chi connectivity index (χ4v) is 3.32. The Balaban J connectivity index is 2.06. The number of rotatable bonds is 5. The molecule has 0 fully saturated rings. The smallest absolute Gasteiger partial charge is 0.212 e. The third-order valence-electron chi connectivity index (χ3n) is 3.00. The first-order valence-electron chi connectivity index (χ1n) is 6.36. The zero-order chi connectivity index (χ0) is 15.5. The summed E-state index contributed by atoms with van der Waals surface area (Å²) in [5.41, 5.74) is 1.16. The van der Waals surface area contributed by atoms with Gasteiger partial charge in [0.2, 0.25) is 10.0 Å². The Hall–Kier alpha value is -1.79. The van der Waals surface area contributed by atoms with Gasteiger partial charge in [0.15, 0.2) is 0 Å². The van der Waals surface area contributed by atoms with Crippen LogP contribution in [-0.4, -0.2) is 8.42 Å². The van der Waals surface area contributed by atoms with Gasteiger partial charge in [-0.15, -0.1) is 0 Å². The van der Waals surface area contributed by atoms with Crippen LogP contribution in [0.5, 0.6) is 0 Å². The van der Waals surface area contributed by atoms with Crippen LogP contribution >= 0.6 is 0 Å². The summed E-state index contributed by atoms with van der Waals surface area (Å²) in [6.45, 7) is 1.68. The predicted octanol–water partition coefficient (Wildman–Crippen LogP) is 3.15. The van der Waals surface area contributed by atoms with Crippen molar-refractivity contribution < 1.29 is 17.2 Å². The topological polar surface area (TPSA) is 46.2 Å². The highest BCUT2D eigenvalue weighted by Crippen LogP contribution is 2.15. The molecule has 0 aliphatic rings. The van der Waals surface area contributed by atoms with Crippen LogP contribution in [0.4, 0.5) is 8.78 Å². The number of hydrogen-bond acceptors (Lipinski definition) is 2. The van der Waals surface area contributed by atoms with Gasteiger partial charge in [0.05, 0.1) is 5.75 Å². The van der Waals surface area contributed by atoms with E-state index in [-0.39, 0.29) is 11.6 Å². The molecule has 0 saturated heterocycles. The minimum absolute atomic E-state index is 0.237. The molecular weight excluding hydrogens is 296 g/mol. The molecule has 0 amide bonds.